The van der Waals surface area contributed by atoms with Crippen molar-refractivity contribution in [3.05, 3.63) is 66.2 Å². The highest BCUT2D eigenvalue weighted by Crippen LogP contribution is 2.27. The fourth-order valence-electron chi connectivity index (χ4n) is 4.07. The second-order valence-electron chi connectivity index (χ2n) is 9.16. The highest BCUT2D eigenvalue weighted by molar-refractivity contribution is 6.11. The van der Waals surface area contributed by atoms with Gasteiger partial charge in [-0.1, -0.05) is 6.07 Å². The molecule has 1 fully saturated rings. The number of rotatable bonds is 9. The molecule has 0 aliphatic carbocycles. The zero-order valence-electron chi connectivity index (χ0n) is 20.1. The minimum absolute atomic E-state index is 0.284. The fourth-order valence-corrected chi connectivity index (χ4v) is 4.07. The van der Waals surface area contributed by atoms with E-state index in [-0.39, 0.29) is 5.91 Å². The number of pyridine rings is 2. The second-order valence-corrected chi connectivity index (χ2v) is 9.16. The Bertz CT molecular complexity index is 1310. The van der Waals surface area contributed by atoms with Crippen LogP contribution in [0.25, 0.3) is 22.0 Å². The monoisotopic (exact) mass is 470 g/mol. The maximum absolute atomic E-state index is 13.0. The van der Waals surface area contributed by atoms with Gasteiger partial charge < -0.3 is 15.5 Å². The molecule has 1 aliphatic heterocycles. The number of carbonyl (C=O) groups excluding carboxylic acids is 1. The molecule has 0 bridgehead atoms. The predicted molar refractivity (Wildman–Crippen MR) is 138 cm³/mol. The molecule has 35 heavy (non-hydrogen) atoms. The summed E-state index contributed by atoms with van der Waals surface area (Å²) in [5.41, 5.74) is 4.99. The molecule has 1 aromatic carbocycles. The van der Waals surface area contributed by atoms with Gasteiger partial charge in [-0.2, -0.15) is 5.10 Å². The van der Waals surface area contributed by atoms with Crippen LogP contribution < -0.4 is 10.6 Å². The summed E-state index contributed by atoms with van der Waals surface area (Å²) in [6.07, 6.45) is 6.70. The molecule has 0 saturated carbocycles. The molecule has 9 heteroatoms. The van der Waals surface area contributed by atoms with Gasteiger partial charge in [0.1, 0.15) is 5.82 Å². The van der Waals surface area contributed by atoms with Crippen LogP contribution in [0.3, 0.4) is 0 Å². The quantitative estimate of drug-likeness (QED) is 0.344. The molecule has 3 aromatic heterocycles. The molecular weight excluding hydrogens is 440 g/mol. The molecule has 1 amide bonds. The van der Waals surface area contributed by atoms with Gasteiger partial charge in [-0.15, -0.1) is 0 Å². The van der Waals surface area contributed by atoms with E-state index in [1.165, 1.54) is 12.0 Å². The lowest BCUT2D eigenvalue weighted by molar-refractivity contribution is 0.102. The Morgan fingerprint density at radius 2 is 1.97 bits per heavy atom. The van der Waals surface area contributed by atoms with E-state index in [0.717, 1.165) is 60.6 Å². The van der Waals surface area contributed by atoms with Crippen molar-refractivity contribution in [2.75, 3.05) is 50.9 Å². The number of likely N-dealkylation sites (N-methyl/N-ethyl adjacent to an activating group) is 1. The molecule has 4 aromatic rings. The zero-order valence-corrected chi connectivity index (χ0v) is 20.1. The van der Waals surface area contributed by atoms with Crippen molar-refractivity contribution in [1.29, 1.82) is 0 Å². The Balaban J connectivity index is 1.30. The molecule has 5 rings (SSSR count). The topological polar surface area (TPSA) is 102 Å². The van der Waals surface area contributed by atoms with E-state index in [0.29, 0.717) is 11.4 Å². The van der Waals surface area contributed by atoms with Crippen LogP contribution in [0, 0.1) is 0 Å². The number of nitrogens with zero attached hydrogens (tertiary/aromatic N) is 5. The Labute approximate surface area is 204 Å². The summed E-state index contributed by atoms with van der Waals surface area (Å²) in [6, 6.07) is 11.8. The maximum atomic E-state index is 13.0. The number of aromatic nitrogens is 4. The standard InChI is InChI=1S/C26H30N8O/c1-33(2)11-8-28-24-7-5-21(16-29-24)30-26(35)25-22-13-19(4-6-23(22)31-32-25)20-12-18(14-27-15-20)17-34-9-3-10-34/h4-7,12-16H,3,8-11,17H2,1-2H3,(H,28,29)(H,30,35)(H,31,32). The van der Waals surface area contributed by atoms with Gasteiger partial charge in [0.2, 0.25) is 0 Å². The summed E-state index contributed by atoms with van der Waals surface area (Å²) in [6.45, 7) is 4.92. The molecular formula is C26H30N8O. The van der Waals surface area contributed by atoms with E-state index >= 15 is 0 Å². The van der Waals surface area contributed by atoms with Crippen LogP contribution >= 0.6 is 0 Å². The highest BCUT2D eigenvalue weighted by atomic mass is 16.1. The highest BCUT2D eigenvalue weighted by Gasteiger charge is 2.17. The van der Waals surface area contributed by atoms with Crippen LogP contribution in [0.15, 0.2) is 55.0 Å². The summed E-state index contributed by atoms with van der Waals surface area (Å²) in [7, 11) is 4.05. The van der Waals surface area contributed by atoms with Crippen molar-refractivity contribution in [3.63, 3.8) is 0 Å². The number of likely N-dealkylation sites (tertiary alicyclic amines) is 1. The van der Waals surface area contributed by atoms with E-state index in [4.69, 9.17) is 0 Å². The van der Waals surface area contributed by atoms with Gasteiger partial charge in [-0.25, -0.2) is 4.98 Å². The first kappa shape index (κ1) is 22.9. The first-order valence-corrected chi connectivity index (χ1v) is 11.9. The summed E-state index contributed by atoms with van der Waals surface area (Å²) >= 11 is 0. The van der Waals surface area contributed by atoms with Crippen LogP contribution in [0.1, 0.15) is 22.5 Å². The number of nitrogens with one attached hydrogen (secondary N) is 3. The molecule has 0 spiro atoms. The Morgan fingerprint density at radius 3 is 2.71 bits per heavy atom. The third kappa shape index (κ3) is 5.47. The molecule has 9 nitrogen and oxygen atoms in total. The molecule has 1 saturated heterocycles. The van der Waals surface area contributed by atoms with Crippen LogP contribution in [0.5, 0.6) is 0 Å². The average Bonchev–Trinajstić information content (AvgIpc) is 3.26. The minimum atomic E-state index is -0.284. The molecule has 4 heterocycles. The number of aromatic amines is 1. The average molecular weight is 471 g/mol. The number of benzene rings is 1. The summed E-state index contributed by atoms with van der Waals surface area (Å²) in [5.74, 6) is 0.484. The number of carbonyl (C=O) groups is 1. The molecule has 0 radical (unpaired) electrons. The molecule has 3 N–H and O–H groups in total. The molecule has 0 atom stereocenters. The summed E-state index contributed by atoms with van der Waals surface area (Å²) < 4.78 is 0. The normalized spacial score (nSPS) is 13.7. The van der Waals surface area contributed by atoms with Crippen LogP contribution in [-0.4, -0.2) is 76.1 Å². The van der Waals surface area contributed by atoms with E-state index in [1.54, 1.807) is 6.20 Å². The van der Waals surface area contributed by atoms with Gasteiger partial charge in [-0.05, 0) is 75.1 Å². The Hall–Kier alpha value is -3.82. The number of hydrogen-bond donors (Lipinski definition) is 3. The Kier molecular flexibility index (Phi) is 6.69. The minimum Gasteiger partial charge on any atom is -0.369 e. The van der Waals surface area contributed by atoms with Gasteiger partial charge in [0.05, 0.1) is 17.4 Å². The molecule has 1 aliphatic rings. The van der Waals surface area contributed by atoms with Gasteiger partial charge in [-0.3, -0.25) is 19.8 Å². The zero-order chi connectivity index (χ0) is 24.2. The van der Waals surface area contributed by atoms with Crippen molar-refractivity contribution < 1.29 is 4.79 Å². The lowest BCUT2D eigenvalue weighted by Crippen LogP contribution is -2.36. The fraction of sp³-hybridized carbons (Fsp3) is 0.308. The number of fused-ring (bicyclic) bond motifs is 1. The number of H-pyrrole nitrogens is 1. The Morgan fingerprint density at radius 1 is 1.09 bits per heavy atom. The van der Waals surface area contributed by atoms with Crippen LogP contribution in [0.2, 0.25) is 0 Å². The third-order valence-electron chi connectivity index (χ3n) is 6.15. The predicted octanol–water partition coefficient (Wildman–Crippen LogP) is 3.45. The SMILES string of the molecule is CN(C)CCNc1ccc(NC(=O)c2n[nH]c3ccc(-c4cncc(CN5CCC5)c4)cc23)cn1. The number of hydrogen-bond acceptors (Lipinski definition) is 7. The largest absolute Gasteiger partial charge is 0.369 e. The summed E-state index contributed by atoms with van der Waals surface area (Å²) in [4.78, 5) is 26.4. The van der Waals surface area contributed by atoms with E-state index in [2.05, 4.69) is 46.7 Å². The summed E-state index contributed by atoms with van der Waals surface area (Å²) in [5, 5.41) is 14.2. The second kappa shape index (κ2) is 10.2. The maximum Gasteiger partial charge on any atom is 0.276 e. The third-order valence-corrected chi connectivity index (χ3v) is 6.15. The first-order valence-electron chi connectivity index (χ1n) is 11.9. The van der Waals surface area contributed by atoms with Crippen molar-refractivity contribution in [1.82, 2.24) is 30.0 Å². The van der Waals surface area contributed by atoms with E-state index in [9.17, 15) is 4.79 Å². The van der Waals surface area contributed by atoms with Crippen LogP contribution in [0.4, 0.5) is 11.5 Å². The van der Waals surface area contributed by atoms with Crippen molar-refractivity contribution in [2.45, 2.75) is 13.0 Å². The van der Waals surface area contributed by atoms with Gasteiger partial charge in [0, 0.05) is 43.0 Å². The van der Waals surface area contributed by atoms with Gasteiger partial charge in [0.25, 0.3) is 5.91 Å². The van der Waals surface area contributed by atoms with Crippen molar-refractivity contribution in [3.8, 4) is 11.1 Å². The van der Waals surface area contributed by atoms with E-state index < -0.39 is 0 Å². The smallest absolute Gasteiger partial charge is 0.276 e. The van der Waals surface area contributed by atoms with Gasteiger partial charge >= 0.3 is 0 Å². The molecule has 0 unspecified atom stereocenters. The van der Waals surface area contributed by atoms with Crippen molar-refractivity contribution in [2.24, 2.45) is 0 Å². The number of anilines is 2. The van der Waals surface area contributed by atoms with Gasteiger partial charge in [0.15, 0.2) is 5.69 Å². The first-order chi connectivity index (χ1) is 17.0. The van der Waals surface area contributed by atoms with Crippen molar-refractivity contribution >= 4 is 28.3 Å². The lowest BCUT2D eigenvalue weighted by atomic mass is 10.0. The molecule has 180 valence electrons. The number of amides is 1. The lowest BCUT2D eigenvalue weighted by Gasteiger charge is -2.30. The van der Waals surface area contributed by atoms with E-state index in [1.807, 2.05) is 56.8 Å². The van der Waals surface area contributed by atoms with Crippen LogP contribution in [-0.2, 0) is 6.54 Å².